The Morgan fingerprint density at radius 1 is 1.36 bits per heavy atom. The predicted molar refractivity (Wildman–Crippen MR) is 86.0 cm³/mol. The number of halogens is 2. The van der Waals surface area contributed by atoms with Gasteiger partial charge < -0.3 is 14.5 Å². The second kappa shape index (κ2) is 6.32. The van der Waals surface area contributed by atoms with Gasteiger partial charge in [-0.1, -0.05) is 11.6 Å². The van der Waals surface area contributed by atoms with Crippen LogP contribution in [0.4, 0.5) is 14.9 Å². The molecular formula is C16H22ClFN2O2. The molecule has 4 nitrogen and oxygen atoms in total. The third kappa shape index (κ3) is 4.03. The quantitative estimate of drug-likeness (QED) is 0.783. The van der Waals surface area contributed by atoms with Crippen molar-refractivity contribution in [2.75, 3.05) is 24.5 Å². The molecule has 1 atom stereocenters. The normalized spacial score (nSPS) is 19.3. The van der Waals surface area contributed by atoms with Gasteiger partial charge >= 0.3 is 6.09 Å². The smallest absolute Gasteiger partial charge is 0.410 e. The molecule has 0 radical (unpaired) electrons. The molecule has 2 rings (SSSR count). The Balaban J connectivity index is 2.03. The average molecular weight is 329 g/mol. The topological polar surface area (TPSA) is 32.8 Å². The predicted octanol–water partition coefficient (Wildman–Crippen LogP) is 3.92. The summed E-state index contributed by atoms with van der Waals surface area (Å²) in [5, 5.41) is 0.115. The number of ether oxygens (including phenoxy) is 1. The van der Waals surface area contributed by atoms with E-state index >= 15 is 0 Å². The zero-order valence-corrected chi connectivity index (χ0v) is 14.2. The first-order valence-corrected chi connectivity index (χ1v) is 7.75. The number of hydrogen-bond donors (Lipinski definition) is 0. The first-order valence-electron chi connectivity index (χ1n) is 7.37. The maximum absolute atomic E-state index is 13.6. The van der Waals surface area contributed by atoms with Gasteiger partial charge in [-0.05, 0) is 45.9 Å². The van der Waals surface area contributed by atoms with Crippen molar-refractivity contribution in [3.8, 4) is 0 Å². The molecule has 0 spiro atoms. The van der Waals surface area contributed by atoms with Gasteiger partial charge in [-0.3, -0.25) is 0 Å². The Morgan fingerprint density at radius 2 is 2.05 bits per heavy atom. The van der Waals surface area contributed by atoms with E-state index in [1.807, 2.05) is 32.6 Å². The van der Waals surface area contributed by atoms with E-state index in [2.05, 4.69) is 0 Å². The van der Waals surface area contributed by atoms with E-state index in [1.54, 1.807) is 17.0 Å². The maximum Gasteiger partial charge on any atom is 0.410 e. The van der Waals surface area contributed by atoms with Crippen molar-refractivity contribution in [3.63, 3.8) is 0 Å². The molecule has 1 amide bonds. The Bertz CT molecular complexity index is 560. The molecule has 0 unspecified atom stereocenters. The summed E-state index contributed by atoms with van der Waals surface area (Å²) in [5.41, 5.74) is 0.269. The first kappa shape index (κ1) is 16.9. The number of carbonyl (C=O) groups excluding carboxylic acids is 1. The van der Waals surface area contributed by atoms with Gasteiger partial charge in [-0.2, -0.15) is 0 Å². The Morgan fingerprint density at radius 3 is 2.59 bits per heavy atom. The third-order valence-electron chi connectivity index (χ3n) is 3.52. The lowest BCUT2D eigenvalue weighted by Crippen LogP contribution is -2.55. The number of anilines is 1. The van der Waals surface area contributed by atoms with Gasteiger partial charge in [0, 0.05) is 31.4 Å². The fraction of sp³-hybridized carbons (Fsp3) is 0.562. The van der Waals surface area contributed by atoms with E-state index in [1.165, 1.54) is 6.07 Å². The summed E-state index contributed by atoms with van der Waals surface area (Å²) in [7, 11) is 0. The molecule has 1 heterocycles. The van der Waals surface area contributed by atoms with Crippen LogP contribution in [0.5, 0.6) is 0 Å². The molecule has 0 bridgehead atoms. The molecule has 0 saturated carbocycles. The number of hydrogen-bond acceptors (Lipinski definition) is 3. The molecule has 0 aromatic heterocycles. The van der Waals surface area contributed by atoms with Gasteiger partial charge in [0.15, 0.2) is 0 Å². The molecule has 0 N–H and O–H groups in total. The summed E-state index contributed by atoms with van der Waals surface area (Å²) < 4.78 is 19.0. The number of piperazine rings is 1. The van der Waals surface area contributed by atoms with Crippen LogP contribution >= 0.6 is 11.6 Å². The number of benzene rings is 1. The fourth-order valence-electron chi connectivity index (χ4n) is 2.47. The van der Waals surface area contributed by atoms with Crippen molar-refractivity contribution in [2.45, 2.75) is 39.3 Å². The summed E-state index contributed by atoms with van der Waals surface area (Å²) in [6, 6.07) is 4.76. The summed E-state index contributed by atoms with van der Waals surface area (Å²) in [5.74, 6) is -0.429. The van der Waals surface area contributed by atoms with Crippen molar-refractivity contribution in [1.29, 1.82) is 0 Å². The van der Waals surface area contributed by atoms with Crippen molar-refractivity contribution < 1.29 is 13.9 Å². The van der Waals surface area contributed by atoms with Crippen molar-refractivity contribution in [1.82, 2.24) is 4.90 Å². The average Bonchev–Trinajstić information content (AvgIpc) is 2.39. The Kier molecular flexibility index (Phi) is 4.85. The minimum Gasteiger partial charge on any atom is -0.444 e. The van der Waals surface area contributed by atoms with Gasteiger partial charge in [0.05, 0.1) is 5.02 Å². The van der Waals surface area contributed by atoms with E-state index in [4.69, 9.17) is 16.3 Å². The van der Waals surface area contributed by atoms with Crippen LogP contribution in [-0.2, 0) is 4.74 Å². The van der Waals surface area contributed by atoms with Gasteiger partial charge in [0.1, 0.15) is 11.4 Å². The minimum atomic E-state index is -0.507. The van der Waals surface area contributed by atoms with E-state index in [9.17, 15) is 9.18 Å². The lowest BCUT2D eigenvalue weighted by molar-refractivity contribution is 0.0159. The third-order valence-corrected chi connectivity index (χ3v) is 3.83. The van der Waals surface area contributed by atoms with E-state index in [-0.39, 0.29) is 17.2 Å². The van der Waals surface area contributed by atoms with E-state index in [0.717, 1.165) is 5.69 Å². The molecule has 6 heteroatoms. The van der Waals surface area contributed by atoms with E-state index < -0.39 is 11.4 Å². The van der Waals surface area contributed by atoms with Gasteiger partial charge in [0.2, 0.25) is 0 Å². The van der Waals surface area contributed by atoms with Crippen LogP contribution in [0.3, 0.4) is 0 Å². The van der Waals surface area contributed by atoms with Gasteiger partial charge in [0.25, 0.3) is 0 Å². The van der Waals surface area contributed by atoms with Crippen LogP contribution in [0.2, 0.25) is 5.02 Å². The van der Waals surface area contributed by atoms with Crippen LogP contribution < -0.4 is 4.90 Å². The second-order valence-electron chi connectivity index (χ2n) is 6.57. The zero-order chi connectivity index (χ0) is 16.5. The van der Waals surface area contributed by atoms with Crippen molar-refractivity contribution in [2.24, 2.45) is 0 Å². The lowest BCUT2D eigenvalue weighted by atomic mass is 10.1. The summed E-state index contributed by atoms with van der Waals surface area (Å²) in [4.78, 5) is 15.9. The van der Waals surface area contributed by atoms with Crippen LogP contribution in [0.15, 0.2) is 18.2 Å². The number of amides is 1. The van der Waals surface area contributed by atoms with Crippen molar-refractivity contribution in [3.05, 3.63) is 29.0 Å². The molecular weight excluding hydrogens is 307 g/mol. The highest BCUT2D eigenvalue weighted by atomic mass is 35.5. The molecule has 1 aliphatic rings. The second-order valence-corrected chi connectivity index (χ2v) is 6.97. The lowest BCUT2D eigenvalue weighted by Gasteiger charge is -2.41. The Hall–Kier alpha value is -1.49. The molecule has 1 aliphatic heterocycles. The SMILES string of the molecule is C[C@H]1CN(c2ccc(Cl)c(F)c2)CCN1C(=O)OC(C)(C)C. The Labute approximate surface area is 135 Å². The van der Waals surface area contributed by atoms with Crippen molar-refractivity contribution >= 4 is 23.4 Å². The molecule has 1 fully saturated rings. The highest BCUT2D eigenvalue weighted by Gasteiger charge is 2.31. The molecule has 1 aromatic rings. The molecule has 22 heavy (non-hydrogen) atoms. The maximum atomic E-state index is 13.6. The molecule has 122 valence electrons. The van der Waals surface area contributed by atoms with Gasteiger partial charge in [-0.25, -0.2) is 9.18 Å². The number of nitrogens with zero attached hydrogens (tertiary/aromatic N) is 2. The first-order chi connectivity index (χ1) is 10.2. The fourth-order valence-corrected chi connectivity index (χ4v) is 2.58. The summed E-state index contributed by atoms with van der Waals surface area (Å²) in [6.45, 7) is 9.31. The van der Waals surface area contributed by atoms with Crippen LogP contribution in [0.25, 0.3) is 0 Å². The standard InChI is InChI=1S/C16H22ClFN2O2/c1-11-10-19(12-5-6-13(17)14(18)9-12)7-8-20(11)15(21)22-16(2,3)4/h5-6,9,11H,7-8,10H2,1-4H3/t11-/m0/s1. The summed E-state index contributed by atoms with van der Waals surface area (Å²) >= 11 is 5.71. The molecule has 1 saturated heterocycles. The van der Waals surface area contributed by atoms with Gasteiger partial charge in [-0.15, -0.1) is 0 Å². The number of carbonyl (C=O) groups is 1. The molecule has 0 aliphatic carbocycles. The zero-order valence-electron chi connectivity index (χ0n) is 13.4. The number of rotatable bonds is 1. The highest BCUT2D eigenvalue weighted by molar-refractivity contribution is 6.30. The van der Waals surface area contributed by atoms with Crippen LogP contribution in [0.1, 0.15) is 27.7 Å². The molecule has 1 aromatic carbocycles. The van der Waals surface area contributed by atoms with E-state index in [0.29, 0.717) is 19.6 Å². The highest BCUT2D eigenvalue weighted by Crippen LogP contribution is 2.25. The summed E-state index contributed by atoms with van der Waals surface area (Å²) in [6.07, 6.45) is -0.304. The van der Waals surface area contributed by atoms with Crippen LogP contribution in [0, 0.1) is 5.82 Å². The largest absolute Gasteiger partial charge is 0.444 e. The van der Waals surface area contributed by atoms with Crippen LogP contribution in [-0.4, -0.2) is 42.3 Å². The monoisotopic (exact) mass is 328 g/mol. The minimum absolute atomic E-state index is 0.0117.